The standard InChI is InChI=1S/C12H12ClFN2O/c1-7-3-4-9(14)8(5-7)11(17)12-15-6-10(13)16(12)2/h3-6,11,17H,1-2H3. The molecule has 17 heavy (non-hydrogen) atoms. The fraction of sp³-hybridized carbons (Fsp3) is 0.250. The zero-order chi connectivity index (χ0) is 12.6. The average molecular weight is 255 g/mol. The maximum Gasteiger partial charge on any atom is 0.143 e. The monoisotopic (exact) mass is 254 g/mol. The second-order valence-electron chi connectivity index (χ2n) is 3.93. The van der Waals surface area contributed by atoms with Crippen LogP contribution in [0.1, 0.15) is 23.1 Å². The zero-order valence-corrected chi connectivity index (χ0v) is 10.2. The van der Waals surface area contributed by atoms with Gasteiger partial charge >= 0.3 is 0 Å². The van der Waals surface area contributed by atoms with E-state index < -0.39 is 11.9 Å². The lowest BCUT2D eigenvalue weighted by Crippen LogP contribution is -2.09. The Morgan fingerprint density at radius 3 is 2.76 bits per heavy atom. The van der Waals surface area contributed by atoms with Gasteiger partial charge in [-0.3, -0.25) is 0 Å². The van der Waals surface area contributed by atoms with Crippen molar-refractivity contribution >= 4 is 11.6 Å². The summed E-state index contributed by atoms with van der Waals surface area (Å²) in [5, 5.41) is 10.5. The highest BCUT2D eigenvalue weighted by molar-refractivity contribution is 6.29. The van der Waals surface area contributed by atoms with E-state index in [9.17, 15) is 9.50 Å². The number of aliphatic hydroxyl groups excluding tert-OH is 1. The molecule has 0 saturated heterocycles. The number of aryl methyl sites for hydroxylation is 1. The molecule has 0 fully saturated rings. The molecule has 0 amide bonds. The maximum atomic E-state index is 13.6. The molecule has 90 valence electrons. The Morgan fingerprint density at radius 2 is 2.18 bits per heavy atom. The Morgan fingerprint density at radius 1 is 1.47 bits per heavy atom. The minimum absolute atomic E-state index is 0.204. The first-order chi connectivity index (χ1) is 8.00. The zero-order valence-electron chi connectivity index (χ0n) is 9.48. The Hall–Kier alpha value is -1.39. The molecule has 2 aromatic rings. The van der Waals surface area contributed by atoms with Gasteiger partial charge in [-0.25, -0.2) is 9.37 Å². The van der Waals surface area contributed by atoms with Crippen LogP contribution in [0.4, 0.5) is 4.39 Å². The highest BCUT2D eigenvalue weighted by Gasteiger charge is 2.20. The third-order valence-corrected chi connectivity index (χ3v) is 3.01. The van der Waals surface area contributed by atoms with Gasteiger partial charge in [-0.15, -0.1) is 0 Å². The van der Waals surface area contributed by atoms with Crippen molar-refractivity contribution in [2.45, 2.75) is 13.0 Å². The molecule has 0 saturated carbocycles. The molecular weight excluding hydrogens is 243 g/mol. The molecule has 1 heterocycles. The molecule has 5 heteroatoms. The Kier molecular flexibility index (Phi) is 3.17. The SMILES string of the molecule is Cc1ccc(F)c(C(O)c2ncc(Cl)n2C)c1. The van der Waals surface area contributed by atoms with Crippen LogP contribution in [0.25, 0.3) is 0 Å². The van der Waals surface area contributed by atoms with E-state index in [0.29, 0.717) is 11.0 Å². The topological polar surface area (TPSA) is 38.1 Å². The molecule has 0 bridgehead atoms. The van der Waals surface area contributed by atoms with Gasteiger partial charge in [0.05, 0.1) is 6.20 Å². The van der Waals surface area contributed by atoms with Crippen molar-refractivity contribution in [3.05, 3.63) is 52.3 Å². The Balaban J connectivity index is 2.47. The van der Waals surface area contributed by atoms with Crippen molar-refractivity contribution < 1.29 is 9.50 Å². The number of aliphatic hydroxyl groups is 1. The smallest absolute Gasteiger partial charge is 0.143 e. The third kappa shape index (κ3) is 2.18. The lowest BCUT2D eigenvalue weighted by Gasteiger charge is -2.12. The molecule has 1 N–H and O–H groups in total. The largest absolute Gasteiger partial charge is 0.380 e. The molecule has 0 aliphatic carbocycles. The van der Waals surface area contributed by atoms with Gasteiger partial charge in [0.2, 0.25) is 0 Å². The van der Waals surface area contributed by atoms with Crippen LogP contribution in [0.3, 0.4) is 0 Å². The highest BCUT2D eigenvalue weighted by Crippen LogP contribution is 2.25. The van der Waals surface area contributed by atoms with Crippen LogP contribution in [0.5, 0.6) is 0 Å². The first-order valence-electron chi connectivity index (χ1n) is 5.12. The summed E-state index contributed by atoms with van der Waals surface area (Å²) in [4.78, 5) is 3.98. The van der Waals surface area contributed by atoms with Crippen molar-refractivity contribution in [1.82, 2.24) is 9.55 Å². The van der Waals surface area contributed by atoms with Gasteiger partial charge in [-0.2, -0.15) is 0 Å². The van der Waals surface area contributed by atoms with E-state index in [1.165, 1.54) is 16.8 Å². The molecule has 1 atom stereocenters. The molecule has 2 rings (SSSR count). The van der Waals surface area contributed by atoms with E-state index in [0.717, 1.165) is 5.56 Å². The fourth-order valence-electron chi connectivity index (χ4n) is 1.67. The summed E-state index contributed by atoms with van der Waals surface area (Å²) in [5.41, 5.74) is 1.08. The molecule has 0 aliphatic heterocycles. The maximum absolute atomic E-state index is 13.6. The van der Waals surface area contributed by atoms with Gasteiger partial charge < -0.3 is 9.67 Å². The summed E-state index contributed by atoms with van der Waals surface area (Å²) in [6.07, 6.45) is 0.306. The molecule has 1 aromatic carbocycles. The first kappa shape index (κ1) is 12.1. The predicted molar refractivity (Wildman–Crippen MR) is 63.4 cm³/mol. The number of nitrogens with zero attached hydrogens (tertiary/aromatic N) is 2. The van der Waals surface area contributed by atoms with Gasteiger partial charge in [0, 0.05) is 12.6 Å². The van der Waals surface area contributed by atoms with Crippen molar-refractivity contribution in [3.63, 3.8) is 0 Å². The summed E-state index contributed by atoms with van der Waals surface area (Å²) >= 11 is 5.83. The van der Waals surface area contributed by atoms with Gasteiger partial charge in [-0.1, -0.05) is 29.3 Å². The average Bonchev–Trinajstić information content (AvgIpc) is 2.62. The van der Waals surface area contributed by atoms with Gasteiger partial charge in [-0.05, 0) is 13.0 Å². The van der Waals surface area contributed by atoms with E-state index in [1.54, 1.807) is 19.2 Å². The number of benzene rings is 1. The number of rotatable bonds is 2. The molecule has 0 radical (unpaired) electrons. The minimum Gasteiger partial charge on any atom is -0.380 e. The van der Waals surface area contributed by atoms with Gasteiger partial charge in [0.25, 0.3) is 0 Å². The van der Waals surface area contributed by atoms with Crippen molar-refractivity contribution in [3.8, 4) is 0 Å². The number of halogens is 2. The van der Waals surface area contributed by atoms with Crippen LogP contribution < -0.4 is 0 Å². The normalized spacial score (nSPS) is 12.8. The van der Waals surface area contributed by atoms with Crippen molar-refractivity contribution in [1.29, 1.82) is 0 Å². The van der Waals surface area contributed by atoms with Crippen LogP contribution >= 0.6 is 11.6 Å². The summed E-state index contributed by atoms with van der Waals surface area (Å²) in [5.74, 6) is -0.137. The molecule has 3 nitrogen and oxygen atoms in total. The van der Waals surface area contributed by atoms with Crippen molar-refractivity contribution in [2.24, 2.45) is 7.05 Å². The number of imidazole rings is 1. The number of hydrogen-bond donors (Lipinski definition) is 1. The van der Waals surface area contributed by atoms with Crippen LogP contribution in [0.2, 0.25) is 5.15 Å². The van der Waals surface area contributed by atoms with Gasteiger partial charge in [0.15, 0.2) is 0 Å². The summed E-state index contributed by atoms with van der Waals surface area (Å²) < 4.78 is 15.1. The Bertz CT molecular complexity index is 553. The van der Waals surface area contributed by atoms with Crippen LogP contribution in [-0.2, 0) is 7.05 Å². The fourth-order valence-corrected chi connectivity index (χ4v) is 1.80. The van der Waals surface area contributed by atoms with E-state index in [4.69, 9.17) is 11.6 Å². The Labute approximate surface area is 103 Å². The van der Waals surface area contributed by atoms with Crippen LogP contribution in [0.15, 0.2) is 24.4 Å². The lowest BCUT2D eigenvalue weighted by molar-refractivity contribution is 0.201. The first-order valence-corrected chi connectivity index (χ1v) is 5.49. The molecular formula is C12H12ClFN2O. The van der Waals surface area contributed by atoms with Gasteiger partial charge in [0.1, 0.15) is 22.9 Å². The minimum atomic E-state index is -1.12. The molecule has 0 spiro atoms. The third-order valence-electron chi connectivity index (χ3n) is 2.66. The number of aromatic nitrogens is 2. The molecule has 1 unspecified atom stereocenters. The van der Waals surface area contributed by atoms with Crippen LogP contribution in [0, 0.1) is 12.7 Å². The molecule has 1 aromatic heterocycles. The van der Waals surface area contributed by atoms with Crippen molar-refractivity contribution in [2.75, 3.05) is 0 Å². The van der Waals surface area contributed by atoms with E-state index in [2.05, 4.69) is 4.98 Å². The summed E-state index contributed by atoms with van der Waals surface area (Å²) in [6, 6.07) is 4.58. The predicted octanol–water partition coefficient (Wildman–Crippen LogP) is 2.60. The highest BCUT2D eigenvalue weighted by atomic mass is 35.5. The summed E-state index contributed by atoms with van der Waals surface area (Å²) in [7, 11) is 1.67. The van der Waals surface area contributed by atoms with E-state index >= 15 is 0 Å². The lowest BCUT2D eigenvalue weighted by atomic mass is 10.1. The molecule has 0 aliphatic rings. The quantitative estimate of drug-likeness (QED) is 0.895. The second kappa shape index (κ2) is 4.47. The van der Waals surface area contributed by atoms with Crippen LogP contribution in [-0.4, -0.2) is 14.7 Å². The van der Waals surface area contributed by atoms with E-state index in [1.807, 2.05) is 6.92 Å². The summed E-state index contributed by atoms with van der Waals surface area (Å²) in [6.45, 7) is 1.83. The number of hydrogen-bond acceptors (Lipinski definition) is 2. The van der Waals surface area contributed by atoms with E-state index in [-0.39, 0.29) is 5.56 Å². The second-order valence-corrected chi connectivity index (χ2v) is 4.31.